The van der Waals surface area contributed by atoms with E-state index in [-0.39, 0.29) is 30.8 Å². The summed E-state index contributed by atoms with van der Waals surface area (Å²) in [7, 11) is 0. The average molecular weight is 407 g/mol. The van der Waals surface area contributed by atoms with E-state index in [0.29, 0.717) is 30.9 Å². The SMILES string of the molecule is O=C(CN1C(=O)Cc2ccccc2C1=O)N[C@H](CN1CCOCC1)c1ccccc1. The van der Waals surface area contributed by atoms with Gasteiger partial charge in [-0.1, -0.05) is 48.5 Å². The largest absolute Gasteiger partial charge is 0.379 e. The molecule has 1 fully saturated rings. The molecule has 3 amide bonds. The lowest BCUT2D eigenvalue weighted by molar-refractivity contribution is -0.133. The number of nitrogens with one attached hydrogen (secondary N) is 1. The van der Waals surface area contributed by atoms with Crippen LogP contribution in [0.2, 0.25) is 0 Å². The predicted molar refractivity (Wildman–Crippen MR) is 111 cm³/mol. The summed E-state index contributed by atoms with van der Waals surface area (Å²) in [5.41, 5.74) is 2.18. The zero-order valence-corrected chi connectivity index (χ0v) is 16.8. The monoisotopic (exact) mass is 407 g/mol. The van der Waals surface area contributed by atoms with Crippen molar-refractivity contribution < 1.29 is 19.1 Å². The summed E-state index contributed by atoms with van der Waals surface area (Å²) in [5, 5.41) is 3.03. The maximum absolute atomic E-state index is 12.8. The second kappa shape index (κ2) is 9.19. The Kier molecular flexibility index (Phi) is 6.21. The molecule has 0 radical (unpaired) electrons. The van der Waals surface area contributed by atoms with Crippen LogP contribution in [0.3, 0.4) is 0 Å². The molecule has 1 atom stereocenters. The fraction of sp³-hybridized carbons (Fsp3) is 0.348. The molecule has 0 aliphatic carbocycles. The maximum atomic E-state index is 12.8. The van der Waals surface area contributed by atoms with Crippen molar-refractivity contribution in [1.82, 2.24) is 15.1 Å². The summed E-state index contributed by atoms with van der Waals surface area (Å²) in [6.45, 7) is 3.32. The van der Waals surface area contributed by atoms with Crippen molar-refractivity contribution in [3.05, 3.63) is 71.3 Å². The number of fused-ring (bicyclic) bond motifs is 1. The first-order valence-corrected chi connectivity index (χ1v) is 10.2. The van der Waals surface area contributed by atoms with Gasteiger partial charge in [0.2, 0.25) is 11.8 Å². The van der Waals surface area contributed by atoms with Crippen molar-refractivity contribution in [3.63, 3.8) is 0 Å². The van der Waals surface area contributed by atoms with Crippen LogP contribution in [-0.4, -0.2) is 66.9 Å². The number of rotatable bonds is 6. The molecular weight excluding hydrogens is 382 g/mol. The number of nitrogens with zero attached hydrogens (tertiary/aromatic N) is 2. The van der Waals surface area contributed by atoms with Gasteiger partial charge >= 0.3 is 0 Å². The predicted octanol–water partition coefficient (Wildman–Crippen LogP) is 1.40. The van der Waals surface area contributed by atoms with E-state index in [1.807, 2.05) is 30.3 Å². The molecular formula is C23H25N3O4. The Hall–Kier alpha value is -3.03. The van der Waals surface area contributed by atoms with E-state index in [4.69, 9.17) is 4.74 Å². The summed E-state index contributed by atoms with van der Waals surface area (Å²) in [4.78, 5) is 41.4. The van der Waals surface area contributed by atoms with Crippen molar-refractivity contribution >= 4 is 17.7 Å². The summed E-state index contributed by atoms with van der Waals surface area (Å²) < 4.78 is 5.41. The Morgan fingerprint density at radius 1 is 1.00 bits per heavy atom. The second-order valence-corrected chi connectivity index (χ2v) is 7.56. The zero-order valence-electron chi connectivity index (χ0n) is 16.8. The fourth-order valence-corrected chi connectivity index (χ4v) is 3.91. The molecule has 0 spiro atoms. The van der Waals surface area contributed by atoms with E-state index in [1.165, 1.54) is 0 Å². The van der Waals surface area contributed by atoms with Crippen molar-refractivity contribution in [2.24, 2.45) is 0 Å². The minimum absolute atomic E-state index is 0.130. The van der Waals surface area contributed by atoms with Gasteiger partial charge < -0.3 is 10.1 Å². The van der Waals surface area contributed by atoms with Crippen molar-refractivity contribution in [3.8, 4) is 0 Å². The molecule has 0 aromatic heterocycles. The number of ether oxygens (including phenoxy) is 1. The third-order valence-corrected chi connectivity index (χ3v) is 5.52. The molecule has 1 saturated heterocycles. The van der Waals surface area contributed by atoms with Gasteiger partial charge in [0.15, 0.2) is 0 Å². The quantitative estimate of drug-likeness (QED) is 0.733. The topological polar surface area (TPSA) is 79.0 Å². The number of hydrogen-bond acceptors (Lipinski definition) is 5. The molecule has 0 bridgehead atoms. The highest BCUT2D eigenvalue weighted by Crippen LogP contribution is 2.20. The highest BCUT2D eigenvalue weighted by atomic mass is 16.5. The number of benzene rings is 2. The van der Waals surface area contributed by atoms with Crippen LogP contribution in [0, 0.1) is 0 Å². The van der Waals surface area contributed by atoms with Crippen LogP contribution in [-0.2, 0) is 20.7 Å². The van der Waals surface area contributed by atoms with Gasteiger partial charge in [-0.2, -0.15) is 0 Å². The summed E-state index contributed by atoms with van der Waals surface area (Å²) in [5.74, 6) is -1.11. The van der Waals surface area contributed by atoms with Crippen LogP contribution in [0.15, 0.2) is 54.6 Å². The molecule has 1 N–H and O–H groups in total. The van der Waals surface area contributed by atoms with Crippen molar-refractivity contribution in [2.75, 3.05) is 39.4 Å². The first-order chi connectivity index (χ1) is 14.6. The van der Waals surface area contributed by atoms with E-state index in [2.05, 4.69) is 10.2 Å². The van der Waals surface area contributed by atoms with Gasteiger partial charge in [-0.3, -0.25) is 24.2 Å². The lowest BCUT2D eigenvalue weighted by atomic mass is 9.98. The molecule has 30 heavy (non-hydrogen) atoms. The normalized spacial score (nSPS) is 18.1. The average Bonchev–Trinajstić information content (AvgIpc) is 2.77. The molecule has 4 rings (SSSR count). The van der Waals surface area contributed by atoms with E-state index in [1.54, 1.807) is 24.3 Å². The number of carbonyl (C=O) groups excluding carboxylic acids is 3. The Bertz CT molecular complexity index is 925. The molecule has 2 aromatic carbocycles. The minimum atomic E-state index is -0.415. The summed E-state index contributed by atoms with van der Waals surface area (Å²) >= 11 is 0. The van der Waals surface area contributed by atoms with E-state index in [0.717, 1.165) is 23.6 Å². The Balaban J connectivity index is 1.46. The van der Waals surface area contributed by atoms with E-state index >= 15 is 0 Å². The van der Waals surface area contributed by atoms with Crippen LogP contribution in [0.25, 0.3) is 0 Å². The Morgan fingerprint density at radius 3 is 2.47 bits per heavy atom. The molecule has 0 saturated carbocycles. The van der Waals surface area contributed by atoms with Gasteiger partial charge in [0.1, 0.15) is 6.54 Å². The molecule has 7 nitrogen and oxygen atoms in total. The number of imide groups is 1. The van der Waals surface area contributed by atoms with Gasteiger partial charge in [-0.05, 0) is 17.2 Å². The first kappa shape index (κ1) is 20.3. The van der Waals surface area contributed by atoms with Crippen LogP contribution >= 0.6 is 0 Å². The third-order valence-electron chi connectivity index (χ3n) is 5.52. The smallest absolute Gasteiger partial charge is 0.261 e. The Morgan fingerprint density at radius 2 is 1.70 bits per heavy atom. The van der Waals surface area contributed by atoms with E-state index < -0.39 is 5.91 Å². The number of morpholine rings is 1. The minimum Gasteiger partial charge on any atom is -0.379 e. The van der Waals surface area contributed by atoms with Crippen LogP contribution in [0.5, 0.6) is 0 Å². The highest BCUT2D eigenvalue weighted by molar-refractivity contribution is 6.11. The van der Waals surface area contributed by atoms with Crippen LogP contribution in [0.1, 0.15) is 27.5 Å². The molecule has 0 unspecified atom stereocenters. The number of hydrogen-bond donors (Lipinski definition) is 1. The fourth-order valence-electron chi connectivity index (χ4n) is 3.91. The number of amides is 3. The second-order valence-electron chi connectivity index (χ2n) is 7.56. The third kappa shape index (κ3) is 4.58. The first-order valence-electron chi connectivity index (χ1n) is 10.2. The molecule has 156 valence electrons. The number of carbonyl (C=O) groups is 3. The van der Waals surface area contributed by atoms with Gasteiger partial charge in [0.25, 0.3) is 5.91 Å². The molecule has 2 aromatic rings. The van der Waals surface area contributed by atoms with Crippen LogP contribution in [0.4, 0.5) is 0 Å². The van der Waals surface area contributed by atoms with Gasteiger partial charge in [-0.25, -0.2) is 0 Å². The highest BCUT2D eigenvalue weighted by Gasteiger charge is 2.32. The van der Waals surface area contributed by atoms with Crippen molar-refractivity contribution in [1.29, 1.82) is 0 Å². The van der Waals surface area contributed by atoms with E-state index in [9.17, 15) is 14.4 Å². The van der Waals surface area contributed by atoms with Gasteiger partial charge in [-0.15, -0.1) is 0 Å². The molecule has 7 heteroatoms. The lowest BCUT2D eigenvalue weighted by Gasteiger charge is -2.32. The lowest BCUT2D eigenvalue weighted by Crippen LogP contribution is -2.49. The molecule has 2 aliphatic rings. The summed E-state index contributed by atoms with van der Waals surface area (Å²) in [6, 6.07) is 16.5. The van der Waals surface area contributed by atoms with Gasteiger partial charge in [0, 0.05) is 25.2 Å². The zero-order chi connectivity index (χ0) is 20.9. The Labute approximate surface area is 175 Å². The maximum Gasteiger partial charge on any atom is 0.261 e. The molecule has 2 heterocycles. The van der Waals surface area contributed by atoms with Gasteiger partial charge in [0.05, 0.1) is 25.7 Å². The van der Waals surface area contributed by atoms with Crippen LogP contribution < -0.4 is 5.32 Å². The van der Waals surface area contributed by atoms with Crippen molar-refractivity contribution in [2.45, 2.75) is 12.5 Å². The standard InChI is InChI=1S/C23H25N3O4/c27-21(16-26-22(28)14-18-8-4-5-9-19(18)23(26)29)24-20(17-6-2-1-3-7-17)15-25-10-12-30-13-11-25/h1-9,20H,10-16H2,(H,24,27)/t20-/m1/s1. The summed E-state index contributed by atoms with van der Waals surface area (Å²) in [6.07, 6.45) is 0.130. The molecule has 2 aliphatic heterocycles.